The molecule has 164 valence electrons. The molecule has 1 aromatic carbocycles. The van der Waals surface area contributed by atoms with Gasteiger partial charge in [-0.15, -0.1) is 0 Å². The van der Waals surface area contributed by atoms with Gasteiger partial charge in [0.1, 0.15) is 5.75 Å². The largest absolute Gasteiger partial charge is 0.494 e. The summed E-state index contributed by atoms with van der Waals surface area (Å²) in [4.78, 5) is 20.4. The predicted molar refractivity (Wildman–Crippen MR) is 121 cm³/mol. The number of carboxylic acids is 1. The molecule has 2 rings (SSSR count). The van der Waals surface area contributed by atoms with Crippen LogP contribution in [0.25, 0.3) is 11.4 Å². The minimum Gasteiger partial charge on any atom is -0.494 e. The van der Waals surface area contributed by atoms with Crippen LogP contribution >= 0.6 is 0 Å². The Bertz CT molecular complexity index is 729. The fourth-order valence-electron chi connectivity index (χ4n) is 3.47. The number of carbonyl (C=O) groups is 1. The number of ether oxygens (including phenoxy) is 1. The molecule has 0 saturated heterocycles. The molecule has 0 fully saturated rings. The van der Waals surface area contributed by atoms with Crippen LogP contribution in [0.15, 0.2) is 36.7 Å². The maximum Gasteiger partial charge on any atom is 0.311 e. The summed E-state index contributed by atoms with van der Waals surface area (Å²) in [5, 5.41) is 9.52. The van der Waals surface area contributed by atoms with Gasteiger partial charge in [0.05, 0.1) is 12.5 Å². The van der Waals surface area contributed by atoms with E-state index in [1.54, 1.807) is 12.4 Å². The fraction of sp³-hybridized carbons (Fsp3) is 0.560. The summed E-state index contributed by atoms with van der Waals surface area (Å²) >= 11 is 0. The SMILES string of the molecule is CCCCCCCCOc1ccc(-c2ncc(C(CCCCC)C(=O)O)cn2)cc1. The molecule has 1 N–H and O–H groups in total. The lowest BCUT2D eigenvalue weighted by atomic mass is 9.95. The average molecular weight is 413 g/mol. The number of benzene rings is 1. The molecule has 0 aliphatic heterocycles. The molecule has 1 atom stereocenters. The number of carboxylic acid groups (broad SMARTS) is 1. The number of aliphatic carboxylic acids is 1. The minimum absolute atomic E-state index is 0.539. The van der Waals surface area contributed by atoms with E-state index in [-0.39, 0.29) is 0 Å². The van der Waals surface area contributed by atoms with Crippen molar-refractivity contribution in [3.63, 3.8) is 0 Å². The second kappa shape index (κ2) is 13.7. The van der Waals surface area contributed by atoms with Crippen molar-refractivity contribution in [2.24, 2.45) is 0 Å². The summed E-state index contributed by atoms with van der Waals surface area (Å²) < 4.78 is 5.82. The van der Waals surface area contributed by atoms with Gasteiger partial charge in [-0.25, -0.2) is 9.97 Å². The van der Waals surface area contributed by atoms with Crippen LogP contribution in [0.1, 0.15) is 89.5 Å². The lowest BCUT2D eigenvalue weighted by Gasteiger charge is -2.12. The van der Waals surface area contributed by atoms with E-state index in [4.69, 9.17) is 4.74 Å². The number of unbranched alkanes of at least 4 members (excludes halogenated alkanes) is 7. The van der Waals surface area contributed by atoms with Gasteiger partial charge in [0.15, 0.2) is 5.82 Å². The van der Waals surface area contributed by atoms with Crippen LogP contribution < -0.4 is 4.74 Å². The zero-order chi connectivity index (χ0) is 21.6. The van der Waals surface area contributed by atoms with E-state index in [1.165, 1.54) is 32.1 Å². The van der Waals surface area contributed by atoms with Crippen molar-refractivity contribution < 1.29 is 14.6 Å². The molecule has 5 heteroatoms. The first-order valence-electron chi connectivity index (χ1n) is 11.4. The molecular formula is C25H36N2O3. The number of nitrogens with zero attached hydrogens (tertiary/aromatic N) is 2. The van der Waals surface area contributed by atoms with E-state index in [9.17, 15) is 9.90 Å². The third-order valence-corrected chi connectivity index (χ3v) is 5.35. The first-order chi connectivity index (χ1) is 14.7. The third-order valence-electron chi connectivity index (χ3n) is 5.35. The highest BCUT2D eigenvalue weighted by Crippen LogP contribution is 2.24. The molecular weight excluding hydrogens is 376 g/mol. The van der Waals surface area contributed by atoms with Crippen LogP contribution in [0.3, 0.4) is 0 Å². The molecule has 0 aliphatic carbocycles. The number of rotatable bonds is 15. The second-order valence-corrected chi connectivity index (χ2v) is 7.87. The van der Waals surface area contributed by atoms with Gasteiger partial charge >= 0.3 is 5.97 Å². The summed E-state index contributed by atoms with van der Waals surface area (Å²) in [6.07, 6.45) is 14.4. The van der Waals surface area contributed by atoms with Gasteiger partial charge in [-0.2, -0.15) is 0 Å². The van der Waals surface area contributed by atoms with E-state index in [0.29, 0.717) is 17.8 Å². The van der Waals surface area contributed by atoms with Crippen molar-refractivity contribution >= 4 is 5.97 Å². The first kappa shape index (κ1) is 23.8. The quantitative estimate of drug-likeness (QED) is 0.332. The van der Waals surface area contributed by atoms with Crippen molar-refractivity contribution in [3.05, 3.63) is 42.2 Å². The lowest BCUT2D eigenvalue weighted by Crippen LogP contribution is -2.12. The van der Waals surface area contributed by atoms with Crippen LogP contribution in [0.4, 0.5) is 0 Å². The predicted octanol–water partition coefficient (Wildman–Crippen LogP) is 6.63. The van der Waals surface area contributed by atoms with Crippen molar-refractivity contribution in [2.75, 3.05) is 6.61 Å². The molecule has 0 amide bonds. The number of aromatic nitrogens is 2. The van der Waals surface area contributed by atoms with E-state index in [2.05, 4.69) is 23.8 Å². The summed E-state index contributed by atoms with van der Waals surface area (Å²) in [6, 6.07) is 7.77. The monoisotopic (exact) mass is 412 g/mol. The number of hydrogen-bond donors (Lipinski definition) is 1. The van der Waals surface area contributed by atoms with Gasteiger partial charge in [-0.05, 0) is 37.1 Å². The topological polar surface area (TPSA) is 72.3 Å². The van der Waals surface area contributed by atoms with Gasteiger partial charge in [-0.3, -0.25) is 4.79 Å². The van der Waals surface area contributed by atoms with Crippen LogP contribution in [-0.2, 0) is 4.79 Å². The average Bonchev–Trinajstić information content (AvgIpc) is 2.76. The molecule has 0 bridgehead atoms. The third kappa shape index (κ3) is 8.13. The summed E-state index contributed by atoms with van der Waals surface area (Å²) in [6.45, 7) is 5.08. The fourth-order valence-corrected chi connectivity index (χ4v) is 3.47. The van der Waals surface area contributed by atoms with E-state index >= 15 is 0 Å². The maximum atomic E-state index is 11.6. The Hall–Kier alpha value is -2.43. The Kier molecular flexibility index (Phi) is 10.9. The molecule has 0 spiro atoms. The van der Waals surface area contributed by atoms with Gasteiger partial charge in [0, 0.05) is 23.5 Å². The maximum absolute atomic E-state index is 11.6. The Morgan fingerprint density at radius 2 is 1.50 bits per heavy atom. The molecule has 0 aliphatic rings. The summed E-state index contributed by atoms with van der Waals surface area (Å²) in [5.74, 6) is 0.0994. The zero-order valence-electron chi connectivity index (χ0n) is 18.5. The smallest absolute Gasteiger partial charge is 0.311 e. The van der Waals surface area contributed by atoms with Gasteiger partial charge in [0.25, 0.3) is 0 Å². The molecule has 30 heavy (non-hydrogen) atoms. The Labute approximate surface area is 180 Å². The molecule has 0 radical (unpaired) electrons. The zero-order valence-corrected chi connectivity index (χ0v) is 18.5. The molecule has 1 heterocycles. The Balaban J connectivity index is 1.86. The van der Waals surface area contributed by atoms with Crippen LogP contribution in [0, 0.1) is 0 Å². The lowest BCUT2D eigenvalue weighted by molar-refractivity contribution is -0.139. The van der Waals surface area contributed by atoms with E-state index in [0.717, 1.165) is 43.6 Å². The van der Waals surface area contributed by atoms with Crippen LogP contribution in [0.2, 0.25) is 0 Å². The highest BCUT2D eigenvalue weighted by molar-refractivity contribution is 5.75. The summed E-state index contributed by atoms with van der Waals surface area (Å²) in [5.41, 5.74) is 1.56. The Morgan fingerprint density at radius 3 is 2.13 bits per heavy atom. The van der Waals surface area contributed by atoms with E-state index in [1.807, 2.05) is 24.3 Å². The molecule has 0 saturated carbocycles. The van der Waals surface area contributed by atoms with Gasteiger partial charge < -0.3 is 9.84 Å². The van der Waals surface area contributed by atoms with Crippen molar-refractivity contribution in [3.8, 4) is 17.1 Å². The van der Waals surface area contributed by atoms with Gasteiger partial charge in [0.2, 0.25) is 0 Å². The molecule has 1 unspecified atom stereocenters. The molecule has 5 nitrogen and oxygen atoms in total. The highest BCUT2D eigenvalue weighted by Gasteiger charge is 2.20. The molecule has 2 aromatic rings. The first-order valence-corrected chi connectivity index (χ1v) is 11.4. The van der Waals surface area contributed by atoms with Crippen molar-refractivity contribution in [1.82, 2.24) is 9.97 Å². The van der Waals surface area contributed by atoms with Crippen molar-refractivity contribution in [2.45, 2.75) is 84.0 Å². The normalized spacial score (nSPS) is 11.9. The minimum atomic E-state index is -0.811. The van der Waals surface area contributed by atoms with Crippen LogP contribution in [0.5, 0.6) is 5.75 Å². The Morgan fingerprint density at radius 1 is 0.900 bits per heavy atom. The highest BCUT2D eigenvalue weighted by atomic mass is 16.5. The second-order valence-electron chi connectivity index (χ2n) is 7.87. The summed E-state index contributed by atoms with van der Waals surface area (Å²) in [7, 11) is 0. The van der Waals surface area contributed by atoms with Crippen molar-refractivity contribution in [1.29, 1.82) is 0 Å². The molecule has 1 aromatic heterocycles. The van der Waals surface area contributed by atoms with Gasteiger partial charge in [-0.1, -0.05) is 65.2 Å². The van der Waals surface area contributed by atoms with E-state index < -0.39 is 11.9 Å². The van der Waals surface area contributed by atoms with Crippen LogP contribution in [-0.4, -0.2) is 27.7 Å². The standard InChI is InChI=1S/C25H36N2O3/c1-3-5-7-8-9-11-17-30-22-15-13-20(14-16-22)24-26-18-21(19-27-24)23(25(28)29)12-10-6-4-2/h13-16,18-19,23H,3-12,17H2,1-2H3,(H,28,29). The number of hydrogen-bond acceptors (Lipinski definition) is 4.